The summed E-state index contributed by atoms with van der Waals surface area (Å²) in [7, 11) is 0. The van der Waals surface area contributed by atoms with Crippen LogP contribution in [0.1, 0.15) is 16.7 Å². The molecule has 0 spiro atoms. The van der Waals surface area contributed by atoms with Crippen molar-refractivity contribution in [1.82, 2.24) is 9.55 Å². The van der Waals surface area contributed by atoms with Crippen LogP contribution in [0.25, 0.3) is 16.7 Å². The van der Waals surface area contributed by atoms with Gasteiger partial charge in [0, 0.05) is 12.6 Å². The van der Waals surface area contributed by atoms with Gasteiger partial charge in [-0.1, -0.05) is 65.9 Å². The van der Waals surface area contributed by atoms with E-state index in [-0.39, 0.29) is 12.2 Å². The fourth-order valence-corrected chi connectivity index (χ4v) is 3.58. The highest BCUT2D eigenvalue weighted by molar-refractivity contribution is 5.85. The van der Waals surface area contributed by atoms with Crippen molar-refractivity contribution >= 4 is 11.0 Å². The molecule has 32 heavy (non-hydrogen) atoms. The summed E-state index contributed by atoms with van der Waals surface area (Å²) >= 11 is 0. The maximum Gasteiger partial charge on any atom is 0.264 e. The summed E-state index contributed by atoms with van der Waals surface area (Å²) in [5.74, 6) is 6.74. The Labute approximate surface area is 187 Å². The minimum Gasteiger partial charge on any atom is -0.480 e. The molecule has 0 saturated heterocycles. The van der Waals surface area contributed by atoms with Gasteiger partial charge in [-0.2, -0.15) is 0 Å². The summed E-state index contributed by atoms with van der Waals surface area (Å²) in [5, 5.41) is 0.771. The molecule has 0 amide bonds. The molecule has 0 bridgehead atoms. The van der Waals surface area contributed by atoms with Gasteiger partial charge in [0.15, 0.2) is 5.65 Å². The Hall–Kier alpha value is -4.10. The third-order valence-corrected chi connectivity index (χ3v) is 5.17. The van der Waals surface area contributed by atoms with Crippen molar-refractivity contribution in [3.63, 3.8) is 0 Å². The summed E-state index contributed by atoms with van der Waals surface area (Å²) < 4.78 is 7.69. The van der Waals surface area contributed by atoms with E-state index in [0.717, 1.165) is 16.6 Å². The minimum atomic E-state index is -0.162. The first kappa shape index (κ1) is 21.1. The van der Waals surface area contributed by atoms with Crippen LogP contribution in [0.5, 0.6) is 5.75 Å². The smallest absolute Gasteiger partial charge is 0.264 e. The van der Waals surface area contributed by atoms with Crippen LogP contribution in [-0.2, 0) is 12.8 Å². The molecule has 0 fully saturated rings. The number of para-hydroxylation sites is 1. The predicted octanol–water partition coefficient (Wildman–Crippen LogP) is 5.05. The Bertz CT molecular complexity index is 1360. The summed E-state index contributed by atoms with van der Waals surface area (Å²) in [4.78, 5) is 17.9. The van der Waals surface area contributed by atoms with Gasteiger partial charge < -0.3 is 4.74 Å². The molecule has 2 aromatic heterocycles. The molecule has 4 heteroatoms. The average molecular weight is 421 g/mol. The zero-order valence-corrected chi connectivity index (χ0v) is 18.0. The highest BCUT2D eigenvalue weighted by Crippen LogP contribution is 2.28. The second kappa shape index (κ2) is 9.80. The Kier molecular flexibility index (Phi) is 6.48. The predicted molar refractivity (Wildman–Crippen MR) is 129 cm³/mol. The molecule has 0 atom stereocenters. The molecule has 4 rings (SSSR count). The lowest BCUT2D eigenvalue weighted by Gasteiger charge is -2.16. The number of hydrogen-bond acceptors (Lipinski definition) is 3. The number of rotatable bonds is 6. The van der Waals surface area contributed by atoms with Gasteiger partial charge in [-0.15, -0.1) is 6.58 Å². The van der Waals surface area contributed by atoms with Crippen LogP contribution >= 0.6 is 0 Å². The molecule has 0 aliphatic heterocycles. The normalized spacial score (nSPS) is 10.4. The first-order valence-electron chi connectivity index (χ1n) is 10.5. The topological polar surface area (TPSA) is 44.1 Å². The van der Waals surface area contributed by atoms with Crippen LogP contribution in [0.2, 0.25) is 0 Å². The number of aryl methyl sites for hydroxylation is 1. The second-order valence-electron chi connectivity index (χ2n) is 7.46. The summed E-state index contributed by atoms with van der Waals surface area (Å²) in [6, 6.07) is 21.6. The van der Waals surface area contributed by atoms with Crippen molar-refractivity contribution < 1.29 is 4.74 Å². The number of benzene rings is 2. The van der Waals surface area contributed by atoms with Crippen LogP contribution in [0, 0.1) is 18.8 Å². The van der Waals surface area contributed by atoms with E-state index in [4.69, 9.17) is 4.74 Å². The fourth-order valence-electron chi connectivity index (χ4n) is 3.58. The molecular weight excluding hydrogens is 396 g/mol. The highest BCUT2D eigenvalue weighted by Gasteiger charge is 2.18. The molecule has 0 aliphatic rings. The van der Waals surface area contributed by atoms with Crippen molar-refractivity contribution in [1.29, 1.82) is 0 Å². The van der Waals surface area contributed by atoms with Crippen molar-refractivity contribution in [2.75, 3.05) is 6.61 Å². The standard InChI is InChI=1S/C28H24N2O2/c1-3-10-25-26(32-20-8-7-11-22-17-15-21(2)16-18-22)24-14-9-19-29-27(24)30(28(25)31)23-12-5-4-6-13-23/h3-6,9,12-19H,1,10-11,20H2,2H3. The number of nitrogens with zero attached hydrogens (tertiary/aromatic N) is 2. The number of aromatic nitrogens is 2. The zero-order valence-electron chi connectivity index (χ0n) is 18.0. The minimum absolute atomic E-state index is 0.162. The lowest BCUT2D eigenvalue weighted by molar-refractivity contribution is 0.370. The second-order valence-corrected chi connectivity index (χ2v) is 7.46. The van der Waals surface area contributed by atoms with Gasteiger partial charge in [0.1, 0.15) is 12.4 Å². The molecule has 4 aromatic rings. The van der Waals surface area contributed by atoms with E-state index in [1.807, 2.05) is 42.5 Å². The first-order valence-corrected chi connectivity index (χ1v) is 10.5. The van der Waals surface area contributed by atoms with E-state index in [1.54, 1.807) is 16.8 Å². The molecule has 2 aromatic carbocycles. The lowest BCUT2D eigenvalue weighted by atomic mass is 10.1. The number of pyridine rings is 2. The maximum atomic E-state index is 13.5. The van der Waals surface area contributed by atoms with Crippen molar-refractivity contribution in [2.24, 2.45) is 0 Å². The lowest BCUT2D eigenvalue weighted by Crippen LogP contribution is -2.24. The quantitative estimate of drug-likeness (QED) is 0.324. The van der Waals surface area contributed by atoms with Crippen LogP contribution in [0.4, 0.5) is 0 Å². The fraction of sp³-hybridized carbons (Fsp3) is 0.143. The first-order chi connectivity index (χ1) is 15.7. The summed E-state index contributed by atoms with van der Waals surface area (Å²) in [5.41, 5.74) is 4.09. The largest absolute Gasteiger partial charge is 0.480 e. The van der Waals surface area contributed by atoms with E-state index in [1.165, 1.54) is 5.56 Å². The number of hydrogen-bond donors (Lipinski definition) is 0. The Morgan fingerprint density at radius 3 is 2.56 bits per heavy atom. The molecule has 0 saturated carbocycles. The highest BCUT2D eigenvalue weighted by atomic mass is 16.5. The Morgan fingerprint density at radius 2 is 1.81 bits per heavy atom. The maximum absolute atomic E-state index is 13.5. The van der Waals surface area contributed by atoms with Crippen LogP contribution < -0.4 is 10.3 Å². The average Bonchev–Trinajstić information content (AvgIpc) is 2.82. The molecule has 2 heterocycles. The molecule has 0 N–H and O–H groups in total. The zero-order chi connectivity index (χ0) is 22.3. The van der Waals surface area contributed by atoms with Crippen LogP contribution in [0.15, 0.2) is 90.4 Å². The molecule has 0 radical (unpaired) electrons. The molecule has 158 valence electrons. The number of fused-ring (bicyclic) bond motifs is 1. The molecule has 4 nitrogen and oxygen atoms in total. The molecule has 0 unspecified atom stereocenters. The van der Waals surface area contributed by atoms with Gasteiger partial charge in [-0.3, -0.25) is 9.36 Å². The SMILES string of the molecule is C=CCc1c(OCC#CCc2ccc(C)cc2)c2cccnc2n(-c2ccccc2)c1=O. The monoisotopic (exact) mass is 420 g/mol. The van der Waals surface area contributed by atoms with Gasteiger partial charge in [-0.05, 0) is 43.2 Å². The van der Waals surface area contributed by atoms with Gasteiger partial charge in [-0.25, -0.2) is 4.98 Å². The number of allylic oxidation sites excluding steroid dienone is 1. The van der Waals surface area contributed by atoms with Crippen LogP contribution in [-0.4, -0.2) is 16.2 Å². The van der Waals surface area contributed by atoms with Crippen molar-refractivity contribution in [3.8, 4) is 23.3 Å². The third-order valence-electron chi connectivity index (χ3n) is 5.17. The Balaban J connectivity index is 1.69. The van der Waals surface area contributed by atoms with Gasteiger partial charge >= 0.3 is 0 Å². The van der Waals surface area contributed by atoms with E-state index >= 15 is 0 Å². The molecule has 0 aliphatic carbocycles. The van der Waals surface area contributed by atoms with Crippen molar-refractivity contribution in [2.45, 2.75) is 19.8 Å². The van der Waals surface area contributed by atoms with E-state index in [9.17, 15) is 4.79 Å². The van der Waals surface area contributed by atoms with Crippen LogP contribution in [0.3, 0.4) is 0 Å². The third kappa shape index (κ3) is 4.48. The van der Waals surface area contributed by atoms with Gasteiger partial charge in [0.25, 0.3) is 5.56 Å². The summed E-state index contributed by atoms with van der Waals surface area (Å²) in [6.45, 7) is 6.08. The van der Waals surface area contributed by atoms with Crippen molar-refractivity contribution in [3.05, 3.63) is 113 Å². The Morgan fingerprint density at radius 1 is 1.03 bits per heavy atom. The van der Waals surface area contributed by atoms with E-state index < -0.39 is 0 Å². The number of ether oxygens (including phenoxy) is 1. The molecular formula is C28H24N2O2. The van der Waals surface area contributed by atoms with Gasteiger partial charge in [0.2, 0.25) is 0 Å². The van der Waals surface area contributed by atoms with E-state index in [2.05, 4.69) is 54.6 Å². The summed E-state index contributed by atoms with van der Waals surface area (Å²) in [6.07, 6.45) is 4.44. The van der Waals surface area contributed by atoms with E-state index in [0.29, 0.717) is 29.8 Å². The van der Waals surface area contributed by atoms with Gasteiger partial charge in [0.05, 0.1) is 16.6 Å².